The van der Waals surface area contributed by atoms with Crippen molar-refractivity contribution >= 4 is 5.91 Å². The van der Waals surface area contributed by atoms with E-state index >= 15 is 0 Å². The molecule has 0 saturated heterocycles. The number of carbonyl (C=O) groups is 1. The van der Waals surface area contributed by atoms with Gasteiger partial charge in [0.1, 0.15) is 0 Å². The molecule has 1 rings (SSSR count). The van der Waals surface area contributed by atoms with Crippen LogP contribution in [-0.2, 0) is 4.79 Å². The third-order valence-electron chi connectivity index (χ3n) is 4.57. The number of amides is 1. The van der Waals surface area contributed by atoms with Crippen molar-refractivity contribution in [1.29, 1.82) is 0 Å². The molecule has 2 heteroatoms. The lowest BCUT2D eigenvalue weighted by Gasteiger charge is -2.29. The van der Waals surface area contributed by atoms with Crippen LogP contribution in [0.25, 0.3) is 0 Å². The molecule has 1 aliphatic carbocycles. The van der Waals surface area contributed by atoms with Crippen molar-refractivity contribution in [3.8, 4) is 0 Å². The molecule has 1 N–H and O–H groups in total. The zero-order chi connectivity index (χ0) is 15.3. The third-order valence-corrected chi connectivity index (χ3v) is 4.57. The number of nitrogens with one attached hydrogen (secondary N) is 1. The molecule has 1 saturated carbocycles. The molecule has 0 aromatic heterocycles. The zero-order valence-corrected chi connectivity index (χ0v) is 13.7. The largest absolute Gasteiger partial charge is 0.356 e. The Morgan fingerprint density at radius 2 is 1.70 bits per heavy atom. The second-order valence-electron chi connectivity index (χ2n) is 7.40. The first-order valence-electron chi connectivity index (χ1n) is 7.80. The molecule has 0 unspecified atom stereocenters. The average molecular weight is 277 g/mol. The van der Waals surface area contributed by atoms with Gasteiger partial charge in [-0.15, -0.1) is 0 Å². The Hall–Kier alpha value is -1.05. The van der Waals surface area contributed by atoms with E-state index in [1.165, 1.54) is 31.3 Å². The second kappa shape index (κ2) is 7.10. The van der Waals surface area contributed by atoms with Gasteiger partial charge in [-0.25, -0.2) is 0 Å². The minimum atomic E-state index is 0.0108. The van der Waals surface area contributed by atoms with Gasteiger partial charge in [0.05, 0.1) is 0 Å². The Balaban J connectivity index is 2.26. The van der Waals surface area contributed by atoms with E-state index in [0.717, 1.165) is 12.1 Å². The van der Waals surface area contributed by atoms with Gasteiger partial charge in [0.25, 0.3) is 0 Å². The third kappa shape index (κ3) is 5.52. The van der Waals surface area contributed by atoms with Gasteiger partial charge in [0, 0.05) is 13.0 Å². The highest BCUT2D eigenvalue weighted by molar-refractivity contribution is 5.78. The summed E-state index contributed by atoms with van der Waals surface area (Å²) < 4.78 is 0. The molecule has 1 fully saturated rings. The lowest BCUT2D eigenvalue weighted by atomic mass is 9.79. The summed E-state index contributed by atoms with van der Waals surface area (Å²) in [5.41, 5.74) is 2.33. The molecule has 0 aliphatic heterocycles. The van der Waals surface area contributed by atoms with E-state index < -0.39 is 0 Å². The number of hydrogen-bond acceptors (Lipinski definition) is 1. The first-order chi connectivity index (χ1) is 9.20. The summed E-state index contributed by atoms with van der Waals surface area (Å²) in [4.78, 5) is 11.9. The van der Waals surface area contributed by atoms with Gasteiger partial charge in [0.15, 0.2) is 0 Å². The van der Waals surface area contributed by atoms with Crippen molar-refractivity contribution in [2.45, 2.75) is 59.8 Å². The number of carbonyl (C=O) groups excluding carboxylic acids is 1. The van der Waals surface area contributed by atoms with Crippen LogP contribution in [0.15, 0.2) is 24.3 Å². The van der Waals surface area contributed by atoms with Gasteiger partial charge < -0.3 is 5.32 Å². The highest BCUT2D eigenvalue weighted by Crippen LogP contribution is 2.32. The summed E-state index contributed by atoms with van der Waals surface area (Å²) >= 11 is 0. The fraction of sp³-hybridized carbons (Fsp3) is 0.722. The van der Waals surface area contributed by atoms with Crippen molar-refractivity contribution in [3.63, 3.8) is 0 Å². The number of rotatable bonds is 5. The monoisotopic (exact) mass is 277 g/mol. The van der Waals surface area contributed by atoms with Gasteiger partial charge in [-0.1, -0.05) is 45.1 Å². The normalized spacial score (nSPS) is 23.2. The molecule has 0 aromatic carbocycles. The molecule has 20 heavy (non-hydrogen) atoms. The molecule has 0 radical (unpaired) electrons. The van der Waals surface area contributed by atoms with Crippen LogP contribution < -0.4 is 5.32 Å². The van der Waals surface area contributed by atoms with E-state index in [2.05, 4.69) is 46.2 Å². The molecule has 1 aliphatic rings. The summed E-state index contributed by atoms with van der Waals surface area (Å²) in [5.74, 6) is 1.45. The van der Waals surface area contributed by atoms with Gasteiger partial charge in [-0.2, -0.15) is 0 Å². The first-order valence-corrected chi connectivity index (χ1v) is 7.80. The SMILES string of the molecule is C=C(C)C1CCC(CNC(=O)CC(=C)C(C)(C)C)CC1. The lowest BCUT2D eigenvalue weighted by Crippen LogP contribution is -2.32. The Kier molecular flexibility index (Phi) is 6.04. The molecular weight excluding hydrogens is 246 g/mol. The molecule has 0 spiro atoms. The van der Waals surface area contributed by atoms with Gasteiger partial charge >= 0.3 is 0 Å². The second-order valence-corrected chi connectivity index (χ2v) is 7.40. The maximum Gasteiger partial charge on any atom is 0.224 e. The van der Waals surface area contributed by atoms with E-state index in [4.69, 9.17) is 0 Å². The maximum absolute atomic E-state index is 11.9. The molecule has 2 nitrogen and oxygen atoms in total. The average Bonchev–Trinajstić information content (AvgIpc) is 2.35. The first kappa shape index (κ1) is 17.0. The maximum atomic E-state index is 11.9. The van der Waals surface area contributed by atoms with Crippen molar-refractivity contribution < 1.29 is 4.79 Å². The quantitative estimate of drug-likeness (QED) is 0.738. The van der Waals surface area contributed by atoms with Crippen LogP contribution in [0.3, 0.4) is 0 Å². The van der Waals surface area contributed by atoms with E-state index in [1.54, 1.807) is 0 Å². The van der Waals surface area contributed by atoms with Crippen molar-refractivity contribution in [2.24, 2.45) is 17.3 Å². The van der Waals surface area contributed by atoms with Gasteiger partial charge in [0.2, 0.25) is 5.91 Å². The molecule has 0 aromatic rings. The predicted octanol–water partition coefficient (Wildman–Crippen LogP) is 4.48. The van der Waals surface area contributed by atoms with Crippen molar-refractivity contribution in [3.05, 3.63) is 24.3 Å². The zero-order valence-electron chi connectivity index (χ0n) is 13.7. The molecule has 0 bridgehead atoms. The Bertz CT molecular complexity index is 367. The van der Waals surface area contributed by atoms with Crippen LogP contribution in [0.2, 0.25) is 0 Å². The fourth-order valence-corrected chi connectivity index (χ4v) is 2.64. The standard InChI is InChI=1S/C18H31NO/c1-13(2)16-9-7-15(8-10-16)12-19-17(20)11-14(3)18(4,5)6/h15-16H,1,3,7-12H2,2,4-6H3,(H,19,20). The number of hydrogen-bond donors (Lipinski definition) is 1. The Morgan fingerprint density at radius 1 is 1.15 bits per heavy atom. The highest BCUT2D eigenvalue weighted by atomic mass is 16.1. The molecule has 1 amide bonds. The van der Waals surface area contributed by atoms with Crippen LogP contribution >= 0.6 is 0 Å². The molecule has 114 valence electrons. The van der Waals surface area contributed by atoms with Crippen LogP contribution in [0, 0.1) is 17.3 Å². The molecule has 0 heterocycles. The Morgan fingerprint density at radius 3 is 2.15 bits per heavy atom. The van der Waals surface area contributed by atoms with E-state index in [0.29, 0.717) is 18.3 Å². The summed E-state index contributed by atoms with van der Waals surface area (Å²) in [6.45, 7) is 17.3. The minimum Gasteiger partial charge on any atom is -0.356 e. The van der Waals surface area contributed by atoms with E-state index in [1.807, 2.05) is 0 Å². The summed E-state index contributed by atoms with van der Waals surface area (Å²) in [6, 6.07) is 0. The van der Waals surface area contributed by atoms with Crippen LogP contribution in [0.5, 0.6) is 0 Å². The predicted molar refractivity (Wildman–Crippen MR) is 86.5 cm³/mol. The van der Waals surface area contributed by atoms with Crippen LogP contribution in [0.4, 0.5) is 0 Å². The van der Waals surface area contributed by atoms with Gasteiger partial charge in [-0.3, -0.25) is 4.79 Å². The van der Waals surface area contributed by atoms with Crippen molar-refractivity contribution in [1.82, 2.24) is 5.32 Å². The smallest absolute Gasteiger partial charge is 0.224 e. The van der Waals surface area contributed by atoms with Crippen LogP contribution in [0.1, 0.15) is 59.8 Å². The lowest BCUT2D eigenvalue weighted by molar-refractivity contribution is -0.120. The summed E-state index contributed by atoms with van der Waals surface area (Å²) in [7, 11) is 0. The van der Waals surface area contributed by atoms with E-state index in [9.17, 15) is 4.79 Å². The van der Waals surface area contributed by atoms with E-state index in [-0.39, 0.29) is 11.3 Å². The fourth-order valence-electron chi connectivity index (χ4n) is 2.64. The number of allylic oxidation sites excluding steroid dienone is 1. The van der Waals surface area contributed by atoms with Crippen molar-refractivity contribution in [2.75, 3.05) is 6.54 Å². The summed E-state index contributed by atoms with van der Waals surface area (Å²) in [5, 5.41) is 3.08. The topological polar surface area (TPSA) is 29.1 Å². The minimum absolute atomic E-state index is 0.0108. The Labute approximate surface area is 124 Å². The molecule has 0 atom stereocenters. The summed E-state index contributed by atoms with van der Waals surface area (Å²) in [6.07, 6.45) is 5.32. The highest BCUT2D eigenvalue weighted by Gasteiger charge is 2.22. The van der Waals surface area contributed by atoms with Gasteiger partial charge in [-0.05, 0) is 49.9 Å². The van der Waals surface area contributed by atoms with Crippen LogP contribution in [-0.4, -0.2) is 12.5 Å². The molecular formula is C18H31NO.